The molecule has 0 bridgehead atoms. The summed E-state index contributed by atoms with van der Waals surface area (Å²) in [5.41, 5.74) is 4.39. The summed E-state index contributed by atoms with van der Waals surface area (Å²) in [6, 6.07) is 24.0. The van der Waals surface area contributed by atoms with Gasteiger partial charge in [-0.2, -0.15) is 0 Å². The van der Waals surface area contributed by atoms with Gasteiger partial charge in [-0.25, -0.2) is 0 Å². The first kappa shape index (κ1) is 14.5. The number of ether oxygens (including phenoxy) is 1. The molecular weight excluding hydrogens is 294 g/mol. The van der Waals surface area contributed by atoms with Gasteiger partial charge in [0, 0.05) is 16.4 Å². The summed E-state index contributed by atoms with van der Waals surface area (Å²) >= 11 is 5.92. The number of rotatable bonds is 4. The minimum atomic E-state index is 0.751. The number of benzene rings is 3. The highest BCUT2D eigenvalue weighted by Crippen LogP contribution is 2.25. The summed E-state index contributed by atoms with van der Waals surface area (Å²) in [5, 5.41) is 4.12. The number of anilines is 2. The summed E-state index contributed by atoms with van der Waals surface area (Å²) in [5.74, 6) is 0.851. The Morgan fingerprint density at radius 1 is 0.682 bits per heavy atom. The quantitative estimate of drug-likeness (QED) is 0.661. The molecule has 2 nitrogen and oxygen atoms in total. The fraction of sp³-hybridized carbons (Fsp3) is 0.0526. The molecule has 110 valence electrons. The predicted octanol–water partition coefficient (Wildman–Crippen LogP) is 5.76. The lowest BCUT2D eigenvalue weighted by molar-refractivity contribution is 0.415. The highest BCUT2D eigenvalue weighted by molar-refractivity contribution is 6.30. The topological polar surface area (TPSA) is 21.3 Å². The maximum atomic E-state index is 5.92. The monoisotopic (exact) mass is 309 g/mol. The number of halogens is 1. The van der Waals surface area contributed by atoms with Crippen molar-refractivity contribution in [1.82, 2.24) is 0 Å². The molecule has 3 aromatic carbocycles. The summed E-state index contributed by atoms with van der Waals surface area (Å²) in [7, 11) is 1.66. The molecule has 3 rings (SSSR count). The second-order valence-corrected chi connectivity index (χ2v) is 5.37. The number of hydrogen-bond donors (Lipinski definition) is 1. The zero-order valence-corrected chi connectivity index (χ0v) is 13.0. The fourth-order valence-corrected chi connectivity index (χ4v) is 2.36. The first-order valence-corrected chi connectivity index (χ1v) is 7.39. The van der Waals surface area contributed by atoms with Gasteiger partial charge in [0.05, 0.1) is 7.11 Å². The zero-order valence-electron chi connectivity index (χ0n) is 12.2. The Bertz CT molecular complexity index is 734. The smallest absolute Gasteiger partial charge is 0.119 e. The largest absolute Gasteiger partial charge is 0.497 e. The van der Waals surface area contributed by atoms with Crippen molar-refractivity contribution in [3.05, 3.63) is 77.8 Å². The van der Waals surface area contributed by atoms with Crippen LogP contribution in [0.5, 0.6) is 5.75 Å². The molecule has 0 saturated heterocycles. The van der Waals surface area contributed by atoms with Gasteiger partial charge in [0.25, 0.3) is 0 Å². The van der Waals surface area contributed by atoms with E-state index >= 15 is 0 Å². The summed E-state index contributed by atoms with van der Waals surface area (Å²) in [6.07, 6.45) is 0. The Morgan fingerprint density at radius 3 is 1.64 bits per heavy atom. The summed E-state index contributed by atoms with van der Waals surface area (Å²) in [4.78, 5) is 0. The van der Waals surface area contributed by atoms with Crippen molar-refractivity contribution < 1.29 is 4.74 Å². The van der Waals surface area contributed by atoms with E-state index in [1.807, 2.05) is 48.5 Å². The van der Waals surface area contributed by atoms with Crippen LogP contribution < -0.4 is 10.1 Å². The maximum Gasteiger partial charge on any atom is 0.119 e. The number of methoxy groups -OCH3 is 1. The SMILES string of the molecule is COc1ccc(Nc2ccc(-c3ccc(Cl)cc3)cc2)cc1. The number of nitrogens with one attached hydrogen (secondary N) is 1. The third-order valence-electron chi connectivity index (χ3n) is 3.44. The van der Waals surface area contributed by atoms with Gasteiger partial charge in [0.15, 0.2) is 0 Å². The standard InChI is InChI=1S/C19H16ClNO/c1-22-19-12-10-18(11-13-19)21-17-8-4-15(5-9-17)14-2-6-16(20)7-3-14/h2-13,21H,1H3. The Labute approximate surface area is 135 Å². The molecule has 22 heavy (non-hydrogen) atoms. The molecule has 0 aliphatic rings. The molecule has 0 atom stereocenters. The van der Waals surface area contributed by atoms with Crippen molar-refractivity contribution in [1.29, 1.82) is 0 Å². The first-order valence-electron chi connectivity index (χ1n) is 7.02. The Morgan fingerprint density at radius 2 is 1.14 bits per heavy atom. The van der Waals surface area contributed by atoms with Crippen LogP contribution in [0.3, 0.4) is 0 Å². The van der Waals surface area contributed by atoms with Gasteiger partial charge in [-0.15, -0.1) is 0 Å². The highest BCUT2D eigenvalue weighted by Gasteiger charge is 1.99. The van der Waals surface area contributed by atoms with Crippen molar-refractivity contribution in [3.63, 3.8) is 0 Å². The van der Waals surface area contributed by atoms with E-state index in [1.165, 1.54) is 0 Å². The Kier molecular flexibility index (Phi) is 4.31. The molecule has 0 fully saturated rings. The van der Waals surface area contributed by atoms with Gasteiger partial charge in [-0.3, -0.25) is 0 Å². The van der Waals surface area contributed by atoms with E-state index in [9.17, 15) is 0 Å². The molecule has 0 aromatic heterocycles. The van der Waals surface area contributed by atoms with Crippen molar-refractivity contribution in [2.45, 2.75) is 0 Å². The lowest BCUT2D eigenvalue weighted by Crippen LogP contribution is -1.90. The summed E-state index contributed by atoms with van der Waals surface area (Å²) in [6.45, 7) is 0. The zero-order chi connectivity index (χ0) is 15.4. The van der Waals surface area contributed by atoms with Gasteiger partial charge in [0.1, 0.15) is 5.75 Å². The molecule has 0 saturated carbocycles. The molecule has 0 amide bonds. The van der Waals surface area contributed by atoms with Crippen LogP contribution in [-0.2, 0) is 0 Å². The van der Waals surface area contributed by atoms with Crippen LogP contribution in [0, 0.1) is 0 Å². The average Bonchev–Trinajstić information content (AvgIpc) is 2.57. The van der Waals surface area contributed by atoms with Crippen LogP contribution in [0.4, 0.5) is 11.4 Å². The minimum Gasteiger partial charge on any atom is -0.497 e. The van der Waals surface area contributed by atoms with Gasteiger partial charge in [-0.1, -0.05) is 35.9 Å². The van der Waals surface area contributed by atoms with Gasteiger partial charge in [-0.05, 0) is 59.7 Å². The molecular formula is C19H16ClNO. The minimum absolute atomic E-state index is 0.751. The number of hydrogen-bond acceptors (Lipinski definition) is 2. The van der Waals surface area contributed by atoms with Crippen LogP contribution >= 0.6 is 11.6 Å². The van der Waals surface area contributed by atoms with Crippen molar-refractivity contribution in [2.24, 2.45) is 0 Å². The van der Waals surface area contributed by atoms with E-state index in [0.717, 1.165) is 33.3 Å². The molecule has 3 aromatic rings. The maximum absolute atomic E-state index is 5.92. The van der Waals surface area contributed by atoms with Crippen molar-refractivity contribution in [3.8, 4) is 16.9 Å². The van der Waals surface area contributed by atoms with E-state index < -0.39 is 0 Å². The molecule has 0 unspecified atom stereocenters. The lowest BCUT2D eigenvalue weighted by Gasteiger charge is -2.08. The first-order chi connectivity index (χ1) is 10.7. The molecule has 3 heteroatoms. The van der Waals surface area contributed by atoms with Crippen LogP contribution in [0.25, 0.3) is 11.1 Å². The van der Waals surface area contributed by atoms with Gasteiger partial charge in [0.2, 0.25) is 0 Å². The normalized spacial score (nSPS) is 10.3. The predicted molar refractivity (Wildman–Crippen MR) is 93.2 cm³/mol. The Hall–Kier alpha value is -2.45. The van der Waals surface area contributed by atoms with E-state index in [2.05, 4.69) is 29.6 Å². The fourth-order valence-electron chi connectivity index (χ4n) is 2.23. The molecule has 0 radical (unpaired) electrons. The van der Waals surface area contributed by atoms with Gasteiger partial charge >= 0.3 is 0 Å². The molecule has 0 aliphatic heterocycles. The van der Waals surface area contributed by atoms with Crippen LogP contribution in [0.15, 0.2) is 72.8 Å². The molecule has 0 aliphatic carbocycles. The van der Waals surface area contributed by atoms with Crippen LogP contribution in [0.1, 0.15) is 0 Å². The second-order valence-electron chi connectivity index (χ2n) is 4.94. The van der Waals surface area contributed by atoms with Crippen LogP contribution in [-0.4, -0.2) is 7.11 Å². The average molecular weight is 310 g/mol. The third kappa shape index (κ3) is 3.41. The molecule has 1 N–H and O–H groups in total. The van der Waals surface area contributed by atoms with E-state index in [0.29, 0.717) is 0 Å². The van der Waals surface area contributed by atoms with Crippen molar-refractivity contribution >= 4 is 23.0 Å². The van der Waals surface area contributed by atoms with E-state index in [4.69, 9.17) is 16.3 Å². The lowest BCUT2D eigenvalue weighted by atomic mass is 10.1. The summed E-state index contributed by atoms with van der Waals surface area (Å²) < 4.78 is 5.16. The third-order valence-corrected chi connectivity index (χ3v) is 3.69. The van der Waals surface area contributed by atoms with E-state index in [-0.39, 0.29) is 0 Å². The molecule has 0 spiro atoms. The molecule has 0 heterocycles. The highest BCUT2D eigenvalue weighted by atomic mass is 35.5. The van der Waals surface area contributed by atoms with Gasteiger partial charge < -0.3 is 10.1 Å². The Balaban J connectivity index is 1.74. The second kappa shape index (κ2) is 6.54. The van der Waals surface area contributed by atoms with E-state index in [1.54, 1.807) is 7.11 Å². The van der Waals surface area contributed by atoms with Crippen molar-refractivity contribution in [2.75, 3.05) is 12.4 Å². The van der Waals surface area contributed by atoms with Crippen LogP contribution in [0.2, 0.25) is 5.02 Å².